The molecule has 102 valence electrons. The van der Waals surface area contributed by atoms with Crippen molar-refractivity contribution in [2.75, 3.05) is 0 Å². The van der Waals surface area contributed by atoms with E-state index in [1.54, 1.807) is 22.2 Å². The van der Waals surface area contributed by atoms with Crippen molar-refractivity contribution < 1.29 is 0 Å². The summed E-state index contributed by atoms with van der Waals surface area (Å²) in [5, 5.41) is 1.70. The van der Waals surface area contributed by atoms with Crippen LogP contribution in [0.5, 0.6) is 0 Å². The molecule has 3 aromatic rings. The number of fused-ring (bicyclic) bond motifs is 1. The second kappa shape index (κ2) is 4.83. The zero-order chi connectivity index (χ0) is 14.3. The number of aromatic nitrogens is 3. The predicted octanol–water partition coefficient (Wildman–Crippen LogP) is 2.83. The number of hydrogen-bond acceptors (Lipinski definition) is 4. The molecule has 0 saturated carbocycles. The molecule has 0 bridgehead atoms. The first-order valence-electron chi connectivity index (χ1n) is 6.43. The van der Waals surface area contributed by atoms with Crippen molar-refractivity contribution in [2.45, 2.75) is 27.3 Å². The van der Waals surface area contributed by atoms with E-state index in [0.717, 1.165) is 26.7 Å². The van der Waals surface area contributed by atoms with Gasteiger partial charge >= 0.3 is 0 Å². The molecular weight excluding hydrogens is 270 g/mol. The molecule has 0 unspecified atom stereocenters. The summed E-state index contributed by atoms with van der Waals surface area (Å²) < 4.78 is 1.65. The van der Waals surface area contributed by atoms with Gasteiger partial charge in [0, 0.05) is 4.88 Å². The van der Waals surface area contributed by atoms with Crippen molar-refractivity contribution in [1.29, 1.82) is 0 Å². The lowest BCUT2D eigenvalue weighted by atomic mass is 10.2. The minimum Gasteiger partial charge on any atom is -0.293 e. The molecule has 0 spiro atoms. The van der Waals surface area contributed by atoms with Crippen molar-refractivity contribution in [3.05, 3.63) is 56.0 Å². The van der Waals surface area contributed by atoms with Crippen LogP contribution in [0.4, 0.5) is 0 Å². The zero-order valence-corrected chi connectivity index (χ0v) is 12.5. The molecule has 2 aromatic heterocycles. The molecule has 0 aliphatic heterocycles. The Morgan fingerprint density at radius 2 is 2.05 bits per heavy atom. The Bertz CT molecular complexity index is 848. The normalized spacial score (nSPS) is 11.2. The van der Waals surface area contributed by atoms with E-state index in [-0.39, 0.29) is 5.56 Å². The van der Waals surface area contributed by atoms with Gasteiger partial charge in [0.2, 0.25) is 0 Å². The van der Waals surface area contributed by atoms with E-state index in [1.807, 2.05) is 39.0 Å². The van der Waals surface area contributed by atoms with E-state index in [2.05, 4.69) is 9.97 Å². The van der Waals surface area contributed by atoms with Crippen LogP contribution in [-0.2, 0) is 6.54 Å². The molecule has 0 aliphatic carbocycles. The van der Waals surface area contributed by atoms with Crippen molar-refractivity contribution in [1.82, 2.24) is 14.5 Å². The molecule has 0 atom stereocenters. The maximum Gasteiger partial charge on any atom is 0.261 e. The van der Waals surface area contributed by atoms with Gasteiger partial charge in [-0.15, -0.1) is 11.3 Å². The lowest BCUT2D eigenvalue weighted by Gasteiger charge is -2.06. The van der Waals surface area contributed by atoms with Crippen LogP contribution < -0.4 is 5.56 Å². The minimum absolute atomic E-state index is 0.00385. The second-order valence-electron chi connectivity index (χ2n) is 4.94. The van der Waals surface area contributed by atoms with E-state index < -0.39 is 0 Å². The van der Waals surface area contributed by atoms with Gasteiger partial charge in [0.05, 0.1) is 34.5 Å². The molecule has 4 nitrogen and oxygen atoms in total. The van der Waals surface area contributed by atoms with Crippen LogP contribution in [0.2, 0.25) is 0 Å². The summed E-state index contributed by atoms with van der Waals surface area (Å²) in [6.45, 7) is 6.47. The predicted molar refractivity (Wildman–Crippen MR) is 81.4 cm³/mol. The lowest BCUT2D eigenvalue weighted by Crippen LogP contribution is -2.21. The third-order valence-corrected chi connectivity index (χ3v) is 4.35. The minimum atomic E-state index is 0.00385. The summed E-state index contributed by atoms with van der Waals surface area (Å²) in [4.78, 5) is 22.4. The Labute approximate surface area is 120 Å². The highest BCUT2D eigenvalue weighted by atomic mass is 32.1. The molecule has 0 fully saturated rings. The summed E-state index contributed by atoms with van der Waals surface area (Å²) in [6.07, 6.45) is 1.62. The number of thiazole rings is 1. The number of benzene rings is 1. The van der Waals surface area contributed by atoms with Gasteiger partial charge in [-0.1, -0.05) is 11.6 Å². The van der Waals surface area contributed by atoms with Gasteiger partial charge in [-0.25, -0.2) is 9.97 Å². The average Bonchev–Trinajstić information content (AvgIpc) is 2.72. The Morgan fingerprint density at radius 1 is 1.25 bits per heavy atom. The van der Waals surface area contributed by atoms with Gasteiger partial charge in [-0.3, -0.25) is 9.36 Å². The van der Waals surface area contributed by atoms with E-state index in [9.17, 15) is 4.79 Å². The molecule has 3 rings (SSSR count). The standard InChI is InChI=1S/C15H15N3OS/c1-9-4-5-13-12(6-9)15(19)18(8-16-13)7-14-10(2)17-11(3)20-14/h4-6,8H,7H2,1-3H3. The first-order chi connectivity index (χ1) is 9.54. The van der Waals surface area contributed by atoms with Gasteiger partial charge in [-0.05, 0) is 32.9 Å². The number of nitrogens with zero attached hydrogens (tertiary/aromatic N) is 3. The van der Waals surface area contributed by atoms with Crippen LogP contribution in [0.3, 0.4) is 0 Å². The second-order valence-corrected chi connectivity index (χ2v) is 6.23. The van der Waals surface area contributed by atoms with Gasteiger partial charge in [0.15, 0.2) is 0 Å². The quantitative estimate of drug-likeness (QED) is 0.727. The monoisotopic (exact) mass is 285 g/mol. The fourth-order valence-electron chi connectivity index (χ4n) is 2.26. The third kappa shape index (κ3) is 2.25. The van der Waals surface area contributed by atoms with E-state index in [1.165, 1.54) is 0 Å². The largest absolute Gasteiger partial charge is 0.293 e. The summed E-state index contributed by atoms with van der Waals surface area (Å²) >= 11 is 1.63. The summed E-state index contributed by atoms with van der Waals surface area (Å²) in [5.41, 5.74) is 2.81. The molecule has 2 heterocycles. The van der Waals surface area contributed by atoms with E-state index >= 15 is 0 Å². The fraction of sp³-hybridized carbons (Fsp3) is 0.267. The van der Waals surface area contributed by atoms with E-state index in [4.69, 9.17) is 0 Å². The molecule has 0 saturated heterocycles. The highest BCUT2D eigenvalue weighted by Gasteiger charge is 2.09. The highest BCUT2D eigenvalue weighted by Crippen LogP contribution is 2.18. The summed E-state index contributed by atoms with van der Waals surface area (Å²) in [6, 6.07) is 5.75. The topological polar surface area (TPSA) is 47.8 Å². The SMILES string of the molecule is Cc1ccc2ncn(Cc3sc(C)nc3C)c(=O)c2c1. The Hall–Kier alpha value is -2.01. The van der Waals surface area contributed by atoms with Crippen molar-refractivity contribution >= 4 is 22.2 Å². The molecule has 0 amide bonds. The van der Waals surface area contributed by atoms with Crippen LogP contribution in [0.15, 0.2) is 29.3 Å². The third-order valence-electron chi connectivity index (χ3n) is 3.29. The smallest absolute Gasteiger partial charge is 0.261 e. The molecular formula is C15H15N3OS. The van der Waals surface area contributed by atoms with Gasteiger partial charge < -0.3 is 0 Å². The zero-order valence-electron chi connectivity index (χ0n) is 11.7. The molecule has 1 aromatic carbocycles. The lowest BCUT2D eigenvalue weighted by molar-refractivity contribution is 0.752. The van der Waals surface area contributed by atoms with Crippen LogP contribution in [0.1, 0.15) is 21.1 Å². The molecule has 0 aliphatic rings. The maximum absolute atomic E-state index is 12.5. The van der Waals surface area contributed by atoms with Crippen LogP contribution in [0, 0.1) is 20.8 Å². The molecule has 0 N–H and O–H groups in total. The first-order valence-corrected chi connectivity index (χ1v) is 7.25. The van der Waals surface area contributed by atoms with Gasteiger partial charge in [0.1, 0.15) is 0 Å². The number of rotatable bonds is 2. The van der Waals surface area contributed by atoms with Crippen LogP contribution >= 0.6 is 11.3 Å². The fourth-order valence-corrected chi connectivity index (χ4v) is 3.20. The Morgan fingerprint density at radius 3 is 2.75 bits per heavy atom. The van der Waals surface area contributed by atoms with Crippen molar-refractivity contribution in [3.63, 3.8) is 0 Å². The Kier molecular flexibility index (Phi) is 3.14. The summed E-state index contributed by atoms with van der Waals surface area (Å²) in [5.74, 6) is 0. The average molecular weight is 285 g/mol. The van der Waals surface area contributed by atoms with Gasteiger partial charge in [-0.2, -0.15) is 0 Å². The first kappa shape index (κ1) is 13.0. The molecule has 20 heavy (non-hydrogen) atoms. The number of aryl methyl sites for hydroxylation is 3. The van der Waals surface area contributed by atoms with Gasteiger partial charge in [0.25, 0.3) is 5.56 Å². The molecule has 5 heteroatoms. The van der Waals surface area contributed by atoms with Crippen LogP contribution in [-0.4, -0.2) is 14.5 Å². The van der Waals surface area contributed by atoms with E-state index in [0.29, 0.717) is 11.9 Å². The maximum atomic E-state index is 12.5. The van der Waals surface area contributed by atoms with Crippen molar-refractivity contribution in [2.24, 2.45) is 0 Å². The summed E-state index contributed by atoms with van der Waals surface area (Å²) in [7, 11) is 0. The Balaban J connectivity index is 2.11. The highest BCUT2D eigenvalue weighted by molar-refractivity contribution is 7.11. The van der Waals surface area contributed by atoms with Crippen LogP contribution in [0.25, 0.3) is 10.9 Å². The molecule has 0 radical (unpaired) electrons. The number of hydrogen-bond donors (Lipinski definition) is 0. The van der Waals surface area contributed by atoms with Crippen molar-refractivity contribution in [3.8, 4) is 0 Å².